The fraction of sp³-hybridized carbons (Fsp3) is 0.550. The van der Waals surface area contributed by atoms with Crippen LogP contribution >= 0.6 is 11.8 Å². The molecule has 0 spiro atoms. The predicted molar refractivity (Wildman–Crippen MR) is 108 cm³/mol. The van der Waals surface area contributed by atoms with Crippen molar-refractivity contribution in [2.45, 2.75) is 75.4 Å². The molecule has 146 valence electrons. The minimum absolute atomic E-state index is 0.0705. The highest BCUT2D eigenvalue weighted by Crippen LogP contribution is 2.29. The van der Waals surface area contributed by atoms with E-state index >= 15 is 0 Å². The van der Waals surface area contributed by atoms with Gasteiger partial charge in [-0.05, 0) is 32.8 Å². The molecule has 6 nitrogen and oxygen atoms in total. The summed E-state index contributed by atoms with van der Waals surface area (Å²) < 4.78 is 7.37. The lowest BCUT2D eigenvalue weighted by atomic mass is 10.1. The lowest BCUT2D eigenvalue weighted by molar-refractivity contribution is -0.121. The smallest absolute Gasteiger partial charge is 0.233 e. The number of nitrogens with one attached hydrogen (secondary N) is 1. The highest BCUT2D eigenvalue weighted by molar-refractivity contribution is 8.00. The van der Waals surface area contributed by atoms with Gasteiger partial charge in [-0.15, -0.1) is 16.8 Å². The van der Waals surface area contributed by atoms with E-state index in [0.717, 1.165) is 30.0 Å². The van der Waals surface area contributed by atoms with Crippen LogP contribution in [0.1, 0.15) is 51.2 Å². The zero-order chi connectivity index (χ0) is 19.2. The second-order valence-electron chi connectivity index (χ2n) is 7.05. The largest absolute Gasteiger partial charge is 0.469 e. The summed E-state index contributed by atoms with van der Waals surface area (Å²) >= 11 is 1.43. The van der Waals surface area contributed by atoms with Crippen LogP contribution in [-0.4, -0.2) is 32.0 Å². The fourth-order valence-electron chi connectivity index (χ4n) is 3.44. The number of thioether (sulfide) groups is 1. The van der Waals surface area contributed by atoms with Crippen molar-refractivity contribution in [3.63, 3.8) is 0 Å². The average molecular weight is 389 g/mol. The van der Waals surface area contributed by atoms with Crippen LogP contribution in [0.15, 0.2) is 34.6 Å². The van der Waals surface area contributed by atoms with Crippen molar-refractivity contribution in [3.05, 3.63) is 30.7 Å². The normalized spacial score (nSPS) is 16.7. The molecule has 27 heavy (non-hydrogen) atoms. The Kier molecular flexibility index (Phi) is 6.77. The van der Waals surface area contributed by atoms with Crippen molar-refractivity contribution in [1.82, 2.24) is 20.1 Å². The summed E-state index contributed by atoms with van der Waals surface area (Å²) in [5.41, 5.74) is 0.909. The Balaban J connectivity index is 1.70. The Morgan fingerprint density at radius 2 is 2.15 bits per heavy atom. The van der Waals surface area contributed by atoms with Gasteiger partial charge < -0.3 is 9.73 Å². The number of aryl methyl sites for hydroxylation is 1. The molecular weight excluding hydrogens is 360 g/mol. The van der Waals surface area contributed by atoms with E-state index in [0.29, 0.717) is 17.7 Å². The number of aromatic nitrogens is 3. The summed E-state index contributed by atoms with van der Waals surface area (Å²) in [4.78, 5) is 12.7. The molecule has 0 unspecified atom stereocenters. The van der Waals surface area contributed by atoms with E-state index in [9.17, 15) is 4.79 Å². The van der Waals surface area contributed by atoms with Gasteiger partial charge in [0.25, 0.3) is 0 Å². The molecule has 7 heteroatoms. The fourth-order valence-corrected chi connectivity index (χ4v) is 4.31. The number of hydrogen-bond donors (Lipinski definition) is 1. The van der Waals surface area contributed by atoms with Gasteiger partial charge in [0.15, 0.2) is 11.0 Å². The highest BCUT2D eigenvalue weighted by Gasteiger charge is 2.23. The quantitative estimate of drug-likeness (QED) is 0.434. The van der Waals surface area contributed by atoms with E-state index in [-0.39, 0.29) is 11.2 Å². The van der Waals surface area contributed by atoms with Gasteiger partial charge in [0.1, 0.15) is 5.76 Å². The maximum Gasteiger partial charge on any atom is 0.233 e. The van der Waals surface area contributed by atoms with Crippen molar-refractivity contribution in [3.8, 4) is 11.4 Å². The first kappa shape index (κ1) is 19.7. The molecule has 1 N–H and O–H groups in total. The second kappa shape index (κ2) is 9.26. The molecule has 0 bridgehead atoms. The highest BCUT2D eigenvalue weighted by atomic mass is 32.2. The average Bonchev–Trinajstić information content (AvgIpc) is 3.13. The van der Waals surface area contributed by atoms with E-state index < -0.39 is 0 Å². The maximum absolute atomic E-state index is 12.7. The Morgan fingerprint density at radius 3 is 2.78 bits per heavy atom. The number of carbonyl (C=O) groups is 1. The zero-order valence-electron chi connectivity index (χ0n) is 16.1. The summed E-state index contributed by atoms with van der Waals surface area (Å²) in [5, 5.41) is 12.4. The molecule has 0 radical (unpaired) electrons. The first-order chi connectivity index (χ1) is 13.1. The van der Waals surface area contributed by atoms with Crippen LogP contribution in [0.2, 0.25) is 0 Å². The molecule has 1 atom stereocenters. The summed E-state index contributed by atoms with van der Waals surface area (Å²) in [7, 11) is 0. The first-order valence-electron chi connectivity index (χ1n) is 9.65. The van der Waals surface area contributed by atoms with Crippen molar-refractivity contribution < 1.29 is 9.21 Å². The third-order valence-electron chi connectivity index (χ3n) is 4.98. The number of hydrogen-bond acceptors (Lipinski definition) is 5. The second-order valence-corrected chi connectivity index (χ2v) is 8.36. The summed E-state index contributed by atoms with van der Waals surface area (Å²) in [6, 6.07) is 2.19. The van der Waals surface area contributed by atoms with Crippen molar-refractivity contribution in [1.29, 1.82) is 0 Å². The molecule has 1 aliphatic rings. The predicted octanol–water partition coefficient (Wildman–Crippen LogP) is 4.35. The third kappa shape index (κ3) is 4.83. The molecular formula is C20H28N4O2S. The molecule has 1 fully saturated rings. The van der Waals surface area contributed by atoms with Crippen LogP contribution < -0.4 is 5.32 Å². The molecule has 2 aromatic rings. The van der Waals surface area contributed by atoms with E-state index in [1.807, 2.05) is 30.6 Å². The molecule has 1 saturated carbocycles. The van der Waals surface area contributed by atoms with Gasteiger partial charge in [-0.25, -0.2) is 0 Å². The van der Waals surface area contributed by atoms with Crippen LogP contribution in [0, 0.1) is 6.92 Å². The SMILES string of the molecule is C=CCn1c(S[C@@H](C)C(=O)NC2CCCCCC2)nnc1-c1ccoc1C. The van der Waals surface area contributed by atoms with Crippen molar-refractivity contribution in [2.75, 3.05) is 0 Å². The van der Waals surface area contributed by atoms with Gasteiger partial charge in [0, 0.05) is 12.6 Å². The number of furan rings is 1. The number of carbonyl (C=O) groups excluding carboxylic acids is 1. The van der Waals surface area contributed by atoms with Crippen LogP contribution in [0.4, 0.5) is 0 Å². The lowest BCUT2D eigenvalue weighted by Crippen LogP contribution is -2.39. The minimum Gasteiger partial charge on any atom is -0.469 e. The van der Waals surface area contributed by atoms with Gasteiger partial charge in [0.05, 0.1) is 17.1 Å². The molecule has 1 aliphatic carbocycles. The van der Waals surface area contributed by atoms with Crippen LogP contribution in [-0.2, 0) is 11.3 Å². The van der Waals surface area contributed by atoms with Gasteiger partial charge in [-0.1, -0.05) is 43.5 Å². The van der Waals surface area contributed by atoms with Gasteiger partial charge in [0.2, 0.25) is 5.91 Å². The summed E-state index contributed by atoms with van der Waals surface area (Å²) in [6.45, 7) is 8.23. The standard InChI is InChI=1S/C20H28N4O2S/c1-4-12-24-18(17-11-13-26-14(17)2)22-23-20(24)27-15(3)19(25)21-16-9-7-5-6-8-10-16/h4,11,13,15-16H,1,5-10,12H2,2-3H3,(H,21,25)/t15-/m0/s1. The summed E-state index contributed by atoms with van der Waals surface area (Å²) in [6.07, 6.45) is 10.6. The number of rotatable bonds is 7. The van der Waals surface area contributed by atoms with Crippen molar-refractivity contribution >= 4 is 17.7 Å². The number of allylic oxidation sites excluding steroid dienone is 1. The Morgan fingerprint density at radius 1 is 1.41 bits per heavy atom. The van der Waals surface area contributed by atoms with Gasteiger partial charge in [-0.2, -0.15) is 0 Å². The Bertz CT molecular complexity index is 775. The molecule has 0 aromatic carbocycles. The Hall–Kier alpha value is -2.02. The lowest BCUT2D eigenvalue weighted by Gasteiger charge is -2.19. The molecule has 0 saturated heterocycles. The number of amides is 1. The zero-order valence-corrected chi connectivity index (χ0v) is 16.9. The molecule has 2 heterocycles. The van der Waals surface area contributed by atoms with E-state index in [1.54, 1.807) is 6.26 Å². The Labute approximate surface area is 164 Å². The van der Waals surface area contributed by atoms with Crippen LogP contribution in [0.5, 0.6) is 0 Å². The first-order valence-corrected chi connectivity index (χ1v) is 10.5. The monoisotopic (exact) mass is 388 g/mol. The molecule has 0 aliphatic heterocycles. The van der Waals surface area contributed by atoms with Crippen molar-refractivity contribution in [2.24, 2.45) is 0 Å². The minimum atomic E-state index is -0.237. The van der Waals surface area contributed by atoms with E-state index in [2.05, 4.69) is 22.1 Å². The molecule has 2 aromatic heterocycles. The molecule has 1 amide bonds. The van der Waals surface area contributed by atoms with E-state index in [4.69, 9.17) is 4.42 Å². The third-order valence-corrected chi connectivity index (χ3v) is 6.06. The summed E-state index contributed by atoms with van der Waals surface area (Å²) in [5.74, 6) is 1.60. The number of nitrogens with zero attached hydrogens (tertiary/aromatic N) is 3. The van der Waals surface area contributed by atoms with Crippen LogP contribution in [0.3, 0.4) is 0 Å². The van der Waals surface area contributed by atoms with Gasteiger partial charge in [-0.3, -0.25) is 9.36 Å². The maximum atomic E-state index is 12.7. The molecule has 3 rings (SSSR count). The van der Waals surface area contributed by atoms with Gasteiger partial charge >= 0.3 is 0 Å². The van der Waals surface area contributed by atoms with Crippen LogP contribution in [0.25, 0.3) is 11.4 Å². The van der Waals surface area contributed by atoms with E-state index in [1.165, 1.54) is 37.4 Å². The topological polar surface area (TPSA) is 73.0 Å².